The van der Waals surface area contributed by atoms with Crippen molar-refractivity contribution in [2.45, 2.75) is 37.9 Å². The van der Waals surface area contributed by atoms with Gasteiger partial charge in [0.1, 0.15) is 0 Å². The number of carbonyl (C=O) groups is 1. The summed E-state index contributed by atoms with van der Waals surface area (Å²) in [7, 11) is 1.93. The quantitative estimate of drug-likeness (QED) is 0.869. The molecule has 0 spiro atoms. The first-order chi connectivity index (χ1) is 12.6. The van der Waals surface area contributed by atoms with Gasteiger partial charge < -0.3 is 10.6 Å². The van der Waals surface area contributed by atoms with Crippen LogP contribution < -0.4 is 5.73 Å². The van der Waals surface area contributed by atoms with Crippen LogP contribution in [0, 0.1) is 0 Å². The first-order valence-corrected chi connectivity index (χ1v) is 9.46. The van der Waals surface area contributed by atoms with Gasteiger partial charge in [0, 0.05) is 45.2 Å². The van der Waals surface area contributed by atoms with Gasteiger partial charge in [-0.2, -0.15) is 0 Å². The van der Waals surface area contributed by atoms with E-state index < -0.39 is 0 Å². The summed E-state index contributed by atoms with van der Waals surface area (Å²) in [6.45, 7) is 3.05. The van der Waals surface area contributed by atoms with Gasteiger partial charge in [-0.1, -0.05) is 60.7 Å². The van der Waals surface area contributed by atoms with Crippen molar-refractivity contribution in [2.24, 2.45) is 5.73 Å². The number of likely N-dealkylation sites (tertiary alicyclic amines) is 1. The zero-order valence-corrected chi connectivity index (χ0v) is 15.6. The molecule has 2 aromatic carbocycles. The first kappa shape index (κ1) is 18.6. The van der Waals surface area contributed by atoms with Gasteiger partial charge >= 0.3 is 0 Å². The number of rotatable bonds is 6. The topological polar surface area (TPSA) is 49.6 Å². The van der Waals surface area contributed by atoms with Gasteiger partial charge in [0.15, 0.2) is 0 Å². The summed E-state index contributed by atoms with van der Waals surface area (Å²) < 4.78 is 0. The lowest BCUT2D eigenvalue weighted by Crippen LogP contribution is -2.45. The normalized spacial score (nSPS) is 17.0. The number of amides is 1. The highest BCUT2D eigenvalue weighted by Gasteiger charge is 2.26. The van der Waals surface area contributed by atoms with Crippen LogP contribution in [0.2, 0.25) is 0 Å². The predicted octanol–water partition coefficient (Wildman–Crippen LogP) is 3.20. The molecule has 1 aliphatic heterocycles. The Morgan fingerprint density at radius 2 is 1.65 bits per heavy atom. The van der Waals surface area contributed by atoms with Crippen LogP contribution in [0.3, 0.4) is 0 Å². The van der Waals surface area contributed by atoms with Gasteiger partial charge in [-0.25, -0.2) is 0 Å². The van der Waals surface area contributed by atoms with Crippen molar-refractivity contribution >= 4 is 5.91 Å². The van der Waals surface area contributed by atoms with E-state index in [-0.39, 0.29) is 11.9 Å². The average Bonchev–Trinajstić information content (AvgIpc) is 2.69. The molecule has 1 fully saturated rings. The van der Waals surface area contributed by atoms with E-state index in [1.165, 1.54) is 5.56 Å². The van der Waals surface area contributed by atoms with Crippen molar-refractivity contribution in [3.8, 4) is 0 Å². The lowest BCUT2D eigenvalue weighted by Gasteiger charge is -2.37. The third kappa shape index (κ3) is 4.93. The SMILES string of the molecule is CN(C(=O)CC(N)c1ccccc1)C1CCN(Cc2ccccc2)CC1. The van der Waals surface area contributed by atoms with Gasteiger partial charge in [0.25, 0.3) is 0 Å². The summed E-state index contributed by atoms with van der Waals surface area (Å²) in [5.41, 5.74) is 8.59. The van der Waals surface area contributed by atoms with Crippen LogP contribution in [-0.4, -0.2) is 41.9 Å². The lowest BCUT2D eigenvalue weighted by molar-refractivity contribution is -0.133. The molecule has 2 aromatic rings. The van der Waals surface area contributed by atoms with E-state index >= 15 is 0 Å². The Balaban J connectivity index is 1.47. The van der Waals surface area contributed by atoms with Crippen molar-refractivity contribution in [1.82, 2.24) is 9.80 Å². The van der Waals surface area contributed by atoms with E-state index in [1.807, 2.05) is 42.3 Å². The molecule has 26 heavy (non-hydrogen) atoms. The molecule has 1 atom stereocenters. The van der Waals surface area contributed by atoms with E-state index in [9.17, 15) is 4.79 Å². The second-order valence-corrected chi connectivity index (χ2v) is 7.22. The number of nitrogens with zero attached hydrogens (tertiary/aromatic N) is 2. The summed E-state index contributed by atoms with van der Waals surface area (Å²) in [5.74, 6) is 0.142. The zero-order valence-electron chi connectivity index (χ0n) is 15.6. The Labute approximate surface area is 156 Å². The number of benzene rings is 2. The number of nitrogens with two attached hydrogens (primary N) is 1. The van der Waals surface area contributed by atoms with Crippen LogP contribution in [0.25, 0.3) is 0 Å². The summed E-state index contributed by atoms with van der Waals surface area (Å²) in [6, 6.07) is 20.5. The van der Waals surface area contributed by atoms with Gasteiger partial charge in [-0.3, -0.25) is 9.69 Å². The Morgan fingerprint density at radius 1 is 1.08 bits per heavy atom. The van der Waals surface area contributed by atoms with Crippen molar-refractivity contribution in [3.63, 3.8) is 0 Å². The molecule has 1 saturated heterocycles. The number of piperidine rings is 1. The summed E-state index contributed by atoms with van der Waals surface area (Å²) in [6.07, 6.45) is 2.41. The van der Waals surface area contributed by atoms with Crippen LogP contribution in [-0.2, 0) is 11.3 Å². The van der Waals surface area contributed by atoms with Gasteiger partial charge in [0.2, 0.25) is 5.91 Å². The second-order valence-electron chi connectivity index (χ2n) is 7.22. The molecule has 1 amide bonds. The van der Waals surface area contributed by atoms with E-state index in [1.54, 1.807) is 0 Å². The molecule has 0 aliphatic carbocycles. The van der Waals surface area contributed by atoms with Crippen molar-refractivity contribution < 1.29 is 4.79 Å². The van der Waals surface area contributed by atoms with Gasteiger partial charge in [-0.15, -0.1) is 0 Å². The van der Waals surface area contributed by atoms with Crippen LogP contribution in [0.5, 0.6) is 0 Å². The highest BCUT2D eigenvalue weighted by molar-refractivity contribution is 5.77. The summed E-state index contributed by atoms with van der Waals surface area (Å²) >= 11 is 0. The number of hydrogen-bond donors (Lipinski definition) is 1. The first-order valence-electron chi connectivity index (χ1n) is 9.46. The van der Waals surface area contributed by atoms with E-state index in [2.05, 4.69) is 35.2 Å². The Hall–Kier alpha value is -2.17. The molecule has 138 valence electrons. The molecule has 1 aliphatic rings. The van der Waals surface area contributed by atoms with Crippen LogP contribution in [0.15, 0.2) is 60.7 Å². The molecule has 4 heteroatoms. The number of hydrogen-bond acceptors (Lipinski definition) is 3. The molecule has 0 saturated carbocycles. The predicted molar refractivity (Wildman–Crippen MR) is 105 cm³/mol. The molecule has 3 rings (SSSR count). The Bertz CT molecular complexity index is 681. The monoisotopic (exact) mass is 351 g/mol. The Morgan fingerprint density at radius 3 is 2.27 bits per heavy atom. The third-order valence-electron chi connectivity index (χ3n) is 5.37. The third-order valence-corrected chi connectivity index (χ3v) is 5.37. The standard InChI is InChI=1S/C22H29N3O/c1-24(22(26)16-21(23)19-10-6-3-7-11-19)20-12-14-25(15-13-20)17-18-8-4-2-5-9-18/h2-11,20-21H,12-17,23H2,1H3. The maximum Gasteiger partial charge on any atom is 0.224 e. The van der Waals surface area contributed by atoms with Crippen LogP contribution in [0.4, 0.5) is 0 Å². The second kappa shape index (κ2) is 8.97. The van der Waals surface area contributed by atoms with Gasteiger partial charge in [0.05, 0.1) is 0 Å². The van der Waals surface area contributed by atoms with E-state index in [0.717, 1.165) is 38.0 Å². The summed E-state index contributed by atoms with van der Waals surface area (Å²) in [5, 5.41) is 0. The average molecular weight is 351 g/mol. The molecular formula is C22H29N3O. The fourth-order valence-electron chi connectivity index (χ4n) is 3.66. The highest BCUT2D eigenvalue weighted by atomic mass is 16.2. The zero-order chi connectivity index (χ0) is 18.4. The van der Waals surface area contributed by atoms with Crippen molar-refractivity contribution in [2.75, 3.05) is 20.1 Å². The smallest absolute Gasteiger partial charge is 0.224 e. The molecule has 0 radical (unpaired) electrons. The highest BCUT2D eigenvalue weighted by Crippen LogP contribution is 2.20. The molecule has 1 heterocycles. The van der Waals surface area contributed by atoms with Crippen molar-refractivity contribution in [1.29, 1.82) is 0 Å². The van der Waals surface area contributed by atoms with Gasteiger partial charge in [-0.05, 0) is 24.0 Å². The van der Waals surface area contributed by atoms with Crippen molar-refractivity contribution in [3.05, 3.63) is 71.8 Å². The minimum absolute atomic E-state index is 0.142. The minimum atomic E-state index is -0.232. The largest absolute Gasteiger partial charge is 0.343 e. The molecule has 0 bridgehead atoms. The molecule has 4 nitrogen and oxygen atoms in total. The number of carbonyl (C=O) groups excluding carboxylic acids is 1. The molecule has 2 N–H and O–H groups in total. The molecular weight excluding hydrogens is 322 g/mol. The maximum absolute atomic E-state index is 12.6. The van der Waals surface area contributed by atoms with Crippen LogP contribution in [0.1, 0.15) is 36.4 Å². The fraction of sp³-hybridized carbons (Fsp3) is 0.409. The van der Waals surface area contributed by atoms with Crippen LogP contribution >= 0.6 is 0 Å². The molecule has 0 aromatic heterocycles. The fourth-order valence-corrected chi connectivity index (χ4v) is 3.66. The summed E-state index contributed by atoms with van der Waals surface area (Å²) in [4.78, 5) is 17.0. The minimum Gasteiger partial charge on any atom is -0.343 e. The van der Waals surface area contributed by atoms with E-state index in [0.29, 0.717) is 12.5 Å². The molecule has 1 unspecified atom stereocenters. The Kier molecular flexibility index (Phi) is 6.42. The maximum atomic E-state index is 12.6. The van der Waals surface area contributed by atoms with E-state index in [4.69, 9.17) is 5.73 Å². The lowest BCUT2D eigenvalue weighted by atomic mass is 10.0.